The molecule has 0 bridgehead atoms. The molecule has 1 aliphatic heterocycles. The second-order valence-electron chi connectivity index (χ2n) is 9.86. The summed E-state index contributed by atoms with van der Waals surface area (Å²) in [7, 11) is 0. The number of amides is 2. The Morgan fingerprint density at radius 2 is 1.76 bits per heavy atom. The Balaban J connectivity index is 1.50. The third-order valence-electron chi connectivity index (χ3n) is 7.08. The van der Waals surface area contributed by atoms with Gasteiger partial charge >= 0.3 is 0 Å². The van der Waals surface area contributed by atoms with Gasteiger partial charge < -0.3 is 5.32 Å². The SMILES string of the molecule is Cc1ccccc1-n1nc(-c2cccs2)c2c1N(CC(=O)NCc1ccc(F)cc1)C(=O)CS[C@H]2c1ccccc1F. The first-order valence-corrected chi connectivity index (χ1v) is 15.2. The molecule has 0 aliphatic carbocycles. The normalized spacial score (nSPS) is 14.9. The summed E-state index contributed by atoms with van der Waals surface area (Å²) in [6.07, 6.45) is 0. The van der Waals surface area contributed by atoms with Gasteiger partial charge in [0.2, 0.25) is 11.8 Å². The number of carbonyl (C=O) groups is 2. The van der Waals surface area contributed by atoms with Crippen molar-refractivity contribution in [1.82, 2.24) is 15.1 Å². The van der Waals surface area contributed by atoms with E-state index in [9.17, 15) is 14.0 Å². The number of thiophene rings is 1. The van der Waals surface area contributed by atoms with Gasteiger partial charge in [-0.15, -0.1) is 23.1 Å². The highest BCUT2D eigenvalue weighted by atomic mass is 32.2. The number of aromatic nitrogens is 2. The quantitative estimate of drug-likeness (QED) is 0.227. The van der Waals surface area contributed by atoms with E-state index in [4.69, 9.17) is 5.10 Å². The second kappa shape index (κ2) is 11.9. The van der Waals surface area contributed by atoms with Gasteiger partial charge in [-0.25, -0.2) is 13.5 Å². The molecule has 5 aromatic rings. The number of halogens is 2. The van der Waals surface area contributed by atoms with Gasteiger partial charge in [0, 0.05) is 17.7 Å². The van der Waals surface area contributed by atoms with E-state index in [1.165, 1.54) is 46.2 Å². The Morgan fingerprint density at radius 1 is 1.00 bits per heavy atom. The molecule has 3 aromatic carbocycles. The van der Waals surface area contributed by atoms with Crippen LogP contribution in [0.25, 0.3) is 16.3 Å². The maximum absolute atomic E-state index is 15.3. The predicted octanol–water partition coefficient (Wildman–Crippen LogP) is 6.67. The van der Waals surface area contributed by atoms with Crippen molar-refractivity contribution < 1.29 is 18.4 Å². The van der Waals surface area contributed by atoms with Crippen molar-refractivity contribution in [3.8, 4) is 16.3 Å². The lowest BCUT2D eigenvalue weighted by Gasteiger charge is -2.23. The van der Waals surface area contributed by atoms with E-state index in [1.54, 1.807) is 35.0 Å². The van der Waals surface area contributed by atoms with Gasteiger partial charge in [0.1, 0.15) is 29.7 Å². The number of fused-ring (bicyclic) bond motifs is 1. The molecule has 1 atom stereocenters. The molecule has 0 fully saturated rings. The fraction of sp³-hybridized carbons (Fsp3) is 0.156. The monoisotopic (exact) mass is 600 g/mol. The number of nitrogens with one attached hydrogen (secondary N) is 1. The van der Waals surface area contributed by atoms with Crippen LogP contribution < -0.4 is 10.2 Å². The molecule has 1 N–H and O–H groups in total. The number of benzene rings is 3. The molecule has 6 rings (SSSR count). The summed E-state index contributed by atoms with van der Waals surface area (Å²) in [6, 6.07) is 24.0. The predicted molar refractivity (Wildman–Crippen MR) is 163 cm³/mol. The zero-order valence-corrected chi connectivity index (χ0v) is 24.2. The first kappa shape index (κ1) is 27.9. The summed E-state index contributed by atoms with van der Waals surface area (Å²) in [4.78, 5) is 29.4. The molecule has 2 amide bonds. The van der Waals surface area contributed by atoms with Crippen LogP contribution in [-0.2, 0) is 16.1 Å². The van der Waals surface area contributed by atoms with E-state index >= 15 is 4.39 Å². The molecule has 1 aliphatic rings. The minimum Gasteiger partial charge on any atom is -0.350 e. The molecular formula is C32H26F2N4O2S2. The maximum Gasteiger partial charge on any atom is 0.240 e. The van der Waals surface area contributed by atoms with Gasteiger partial charge in [0.05, 0.1) is 21.6 Å². The lowest BCUT2D eigenvalue weighted by atomic mass is 10.0. The van der Waals surface area contributed by atoms with Crippen molar-refractivity contribution in [3.05, 3.63) is 124 Å². The molecule has 2 aromatic heterocycles. The number of carbonyl (C=O) groups excluding carboxylic acids is 2. The van der Waals surface area contributed by atoms with Crippen LogP contribution in [0, 0.1) is 18.6 Å². The molecule has 212 valence electrons. The molecule has 0 radical (unpaired) electrons. The first-order valence-electron chi connectivity index (χ1n) is 13.3. The summed E-state index contributed by atoms with van der Waals surface area (Å²) in [5.74, 6) is -0.933. The zero-order chi connectivity index (χ0) is 29.2. The minimum absolute atomic E-state index is 0.0383. The van der Waals surface area contributed by atoms with Crippen molar-refractivity contribution in [2.45, 2.75) is 18.7 Å². The van der Waals surface area contributed by atoms with Crippen LogP contribution in [0.2, 0.25) is 0 Å². The van der Waals surface area contributed by atoms with Crippen LogP contribution in [0.5, 0.6) is 0 Å². The van der Waals surface area contributed by atoms with E-state index in [0.29, 0.717) is 22.6 Å². The summed E-state index contributed by atoms with van der Waals surface area (Å²) in [5.41, 5.74) is 4.16. The number of hydrogen-bond donors (Lipinski definition) is 1. The minimum atomic E-state index is -0.549. The average Bonchev–Trinajstić information content (AvgIpc) is 3.63. The third kappa shape index (κ3) is 5.47. The standard InChI is InChI=1S/C32H26F2N4O2S2/c1-20-7-2-5-10-25(20)38-32-29(30(36-38)26-11-6-16-41-26)31(23-8-3-4-9-24(23)34)42-19-28(40)37(32)18-27(39)35-17-21-12-14-22(33)15-13-21/h2-16,31H,17-19H2,1H3,(H,35,39)/t31-/m0/s1. The third-order valence-corrected chi connectivity index (χ3v) is 9.19. The molecular weight excluding hydrogens is 575 g/mol. The summed E-state index contributed by atoms with van der Waals surface area (Å²) in [5, 5.41) is 9.28. The fourth-order valence-electron chi connectivity index (χ4n) is 5.02. The zero-order valence-electron chi connectivity index (χ0n) is 22.6. The van der Waals surface area contributed by atoms with Gasteiger partial charge in [-0.05, 0) is 53.8 Å². The molecule has 0 saturated carbocycles. The average molecular weight is 601 g/mol. The van der Waals surface area contributed by atoms with Crippen LogP contribution in [0.4, 0.5) is 14.6 Å². The van der Waals surface area contributed by atoms with Crippen molar-refractivity contribution in [1.29, 1.82) is 0 Å². The second-order valence-corrected chi connectivity index (χ2v) is 11.9. The van der Waals surface area contributed by atoms with E-state index in [2.05, 4.69) is 5.32 Å². The molecule has 10 heteroatoms. The Morgan fingerprint density at radius 3 is 2.50 bits per heavy atom. The van der Waals surface area contributed by atoms with Gasteiger partial charge in [-0.3, -0.25) is 14.5 Å². The number of nitrogens with zero attached hydrogens (tertiary/aromatic N) is 3. The van der Waals surface area contributed by atoms with Crippen LogP contribution >= 0.6 is 23.1 Å². The molecule has 0 spiro atoms. The van der Waals surface area contributed by atoms with Crippen LogP contribution in [-0.4, -0.2) is 33.9 Å². The lowest BCUT2D eigenvalue weighted by Crippen LogP contribution is -2.42. The highest BCUT2D eigenvalue weighted by molar-refractivity contribution is 8.00. The number of anilines is 1. The van der Waals surface area contributed by atoms with Gasteiger partial charge in [0.15, 0.2) is 0 Å². The molecule has 6 nitrogen and oxygen atoms in total. The number of rotatable bonds is 7. The van der Waals surface area contributed by atoms with Crippen molar-refractivity contribution >= 4 is 40.7 Å². The van der Waals surface area contributed by atoms with Crippen LogP contribution in [0.1, 0.15) is 27.5 Å². The lowest BCUT2D eigenvalue weighted by molar-refractivity contribution is -0.123. The van der Waals surface area contributed by atoms with Crippen molar-refractivity contribution in [2.75, 3.05) is 17.2 Å². The molecule has 0 unspecified atom stereocenters. The topological polar surface area (TPSA) is 67.2 Å². The largest absolute Gasteiger partial charge is 0.350 e. The van der Waals surface area contributed by atoms with Gasteiger partial charge in [-0.2, -0.15) is 5.10 Å². The van der Waals surface area contributed by atoms with Gasteiger partial charge in [0.25, 0.3) is 0 Å². The maximum atomic E-state index is 15.3. The summed E-state index contributed by atoms with van der Waals surface area (Å²) < 4.78 is 30.4. The first-order chi connectivity index (χ1) is 20.4. The highest BCUT2D eigenvalue weighted by Crippen LogP contribution is 2.49. The smallest absolute Gasteiger partial charge is 0.240 e. The van der Waals surface area contributed by atoms with E-state index < -0.39 is 5.25 Å². The molecule has 42 heavy (non-hydrogen) atoms. The van der Waals surface area contributed by atoms with E-state index in [-0.39, 0.29) is 42.3 Å². The molecule has 0 saturated heterocycles. The van der Waals surface area contributed by atoms with Crippen molar-refractivity contribution in [2.24, 2.45) is 0 Å². The Labute approximate surface area is 250 Å². The Kier molecular flexibility index (Phi) is 7.90. The highest BCUT2D eigenvalue weighted by Gasteiger charge is 2.38. The number of hydrogen-bond acceptors (Lipinski definition) is 5. The number of aryl methyl sites for hydroxylation is 1. The van der Waals surface area contributed by atoms with Crippen LogP contribution in [0.3, 0.4) is 0 Å². The van der Waals surface area contributed by atoms with Gasteiger partial charge in [-0.1, -0.05) is 54.6 Å². The number of thioether (sulfide) groups is 1. The van der Waals surface area contributed by atoms with Crippen molar-refractivity contribution in [3.63, 3.8) is 0 Å². The Bertz CT molecular complexity index is 1750. The van der Waals surface area contributed by atoms with E-state index in [0.717, 1.165) is 21.7 Å². The summed E-state index contributed by atoms with van der Waals surface area (Å²) in [6.45, 7) is 1.87. The fourth-order valence-corrected chi connectivity index (χ4v) is 6.96. The number of para-hydroxylation sites is 1. The summed E-state index contributed by atoms with van der Waals surface area (Å²) >= 11 is 2.83. The molecule has 3 heterocycles. The van der Waals surface area contributed by atoms with Crippen LogP contribution in [0.15, 0.2) is 90.3 Å². The Hall–Kier alpha value is -4.28. The van der Waals surface area contributed by atoms with E-state index in [1.807, 2.05) is 48.7 Å².